The zero-order valence-electron chi connectivity index (χ0n) is 21.9. The summed E-state index contributed by atoms with van der Waals surface area (Å²) in [6.45, 7) is 5.96. The first-order chi connectivity index (χ1) is 18.5. The topological polar surface area (TPSA) is 129 Å². The van der Waals surface area contributed by atoms with Crippen molar-refractivity contribution in [1.82, 2.24) is 14.9 Å². The monoisotopic (exact) mass is 554 g/mol. The number of urea groups is 1. The van der Waals surface area contributed by atoms with Crippen molar-refractivity contribution in [3.8, 4) is 11.8 Å². The summed E-state index contributed by atoms with van der Waals surface area (Å²) in [6, 6.07) is 10.2. The second-order valence-corrected chi connectivity index (χ2v) is 9.78. The molecule has 0 unspecified atom stereocenters. The van der Waals surface area contributed by atoms with E-state index in [1.807, 2.05) is 26.8 Å². The Morgan fingerprint density at radius 2 is 1.85 bits per heavy atom. The van der Waals surface area contributed by atoms with E-state index < -0.39 is 17.7 Å². The van der Waals surface area contributed by atoms with Crippen molar-refractivity contribution in [1.29, 1.82) is 5.26 Å². The molecule has 39 heavy (non-hydrogen) atoms. The van der Waals surface area contributed by atoms with Crippen molar-refractivity contribution in [2.24, 2.45) is 0 Å². The first-order valence-electron chi connectivity index (χ1n) is 11.9. The molecule has 2 N–H and O–H groups in total. The summed E-state index contributed by atoms with van der Waals surface area (Å²) < 4.78 is 24.1. The maximum Gasteiger partial charge on any atom is 0.410 e. The standard InChI is InChI=1S/C27H28ClFN6O4/c1-27(2,3)35(26(37)39-16-17-5-7-19(29)8-6-17)10-9-18-11-23(38-4)22(12-21(18)28)33-25(36)34-24-15-31-20(13-30)14-32-24/h5-8,11-12,14-15H,9-10,16H2,1-4H3,(H2,32,33,34,36). The van der Waals surface area contributed by atoms with Gasteiger partial charge < -0.3 is 19.7 Å². The third kappa shape index (κ3) is 8.28. The van der Waals surface area contributed by atoms with Gasteiger partial charge in [0.05, 0.1) is 25.2 Å². The van der Waals surface area contributed by atoms with Gasteiger partial charge in [-0.25, -0.2) is 23.9 Å². The highest BCUT2D eigenvalue weighted by Crippen LogP contribution is 2.32. The molecular formula is C27H28ClFN6O4. The van der Waals surface area contributed by atoms with Crippen molar-refractivity contribution in [2.45, 2.75) is 39.3 Å². The van der Waals surface area contributed by atoms with Crippen LogP contribution in [-0.2, 0) is 17.8 Å². The van der Waals surface area contributed by atoms with Crippen LogP contribution in [0.1, 0.15) is 37.6 Å². The number of rotatable bonds is 8. The fraction of sp³-hybridized carbons (Fsp3) is 0.296. The molecule has 0 aliphatic carbocycles. The number of methoxy groups -OCH3 is 1. The van der Waals surface area contributed by atoms with E-state index in [9.17, 15) is 14.0 Å². The number of halogens is 2. The van der Waals surface area contributed by atoms with Crippen LogP contribution < -0.4 is 15.4 Å². The molecule has 1 heterocycles. The number of amides is 3. The summed E-state index contributed by atoms with van der Waals surface area (Å²) in [5, 5.41) is 14.3. The summed E-state index contributed by atoms with van der Waals surface area (Å²) in [4.78, 5) is 34.7. The Bertz CT molecular complexity index is 1350. The maximum absolute atomic E-state index is 13.1. The van der Waals surface area contributed by atoms with Crippen LogP contribution in [-0.4, -0.2) is 46.2 Å². The third-order valence-electron chi connectivity index (χ3n) is 5.54. The highest BCUT2D eigenvalue weighted by molar-refractivity contribution is 6.31. The molecule has 0 bridgehead atoms. The lowest BCUT2D eigenvalue weighted by Crippen LogP contribution is -2.46. The van der Waals surface area contributed by atoms with Crippen LogP contribution in [0.15, 0.2) is 48.8 Å². The molecular weight excluding hydrogens is 527 g/mol. The van der Waals surface area contributed by atoms with Crippen LogP contribution in [0.2, 0.25) is 5.02 Å². The number of carbonyl (C=O) groups is 2. The van der Waals surface area contributed by atoms with Gasteiger partial charge >= 0.3 is 12.1 Å². The normalized spacial score (nSPS) is 10.8. The molecule has 0 fully saturated rings. The molecule has 2 aromatic carbocycles. The molecule has 0 aliphatic rings. The predicted molar refractivity (Wildman–Crippen MR) is 144 cm³/mol. The Kier molecular flexibility index (Phi) is 9.62. The number of hydrogen-bond donors (Lipinski definition) is 2. The Morgan fingerprint density at radius 3 is 2.44 bits per heavy atom. The maximum atomic E-state index is 13.1. The van der Waals surface area contributed by atoms with Gasteiger partial charge in [0, 0.05) is 17.1 Å². The average Bonchev–Trinajstić information content (AvgIpc) is 2.89. The number of aromatic nitrogens is 2. The van der Waals surface area contributed by atoms with Gasteiger partial charge in [0.1, 0.15) is 24.2 Å². The molecule has 3 rings (SSSR count). The van der Waals surface area contributed by atoms with Gasteiger partial charge in [-0.1, -0.05) is 23.7 Å². The van der Waals surface area contributed by atoms with Crippen molar-refractivity contribution >= 4 is 35.2 Å². The molecule has 0 saturated carbocycles. The number of carbonyl (C=O) groups excluding carboxylic acids is 2. The lowest BCUT2D eigenvalue weighted by atomic mass is 10.0. The molecule has 10 nitrogen and oxygen atoms in total. The van der Waals surface area contributed by atoms with E-state index in [1.165, 1.54) is 31.6 Å². The molecule has 1 aromatic heterocycles. The van der Waals surface area contributed by atoms with Crippen LogP contribution in [0.5, 0.6) is 5.75 Å². The summed E-state index contributed by atoms with van der Waals surface area (Å²) in [5.41, 5.74) is 1.25. The smallest absolute Gasteiger partial charge is 0.410 e. The summed E-state index contributed by atoms with van der Waals surface area (Å²) in [7, 11) is 1.45. The Labute approximate surface area is 230 Å². The number of ether oxygens (including phenoxy) is 2. The molecule has 3 aromatic rings. The average molecular weight is 555 g/mol. The summed E-state index contributed by atoms with van der Waals surface area (Å²) >= 11 is 6.52. The first-order valence-corrected chi connectivity index (χ1v) is 12.2. The zero-order chi connectivity index (χ0) is 28.6. The molecule has 0 aliphatic heterocycles. The van der Waals surface area contributed by atoms with Gasteiger partial charge in [-0.2, -0.15) is 5.26 Å². The van der Waals surface area contributed by atoms with Gasteiger partial charge in [-0.3, -0.25) is 5.32 Å². The highest BCUT2D eigenvalue weighted by Gasteiger charge is 2.28. The molecule has 12 heteroatoms. The lowest BCUT2D eigenvalue weighted by Gasteiger charge is -2.35. The van der Waals surface area contributed by atoms with Crippen LogP contribution in [0, 0.1) is 17.1 Å². The number of benzene rings is 2. The quantitative estimate of drug-likeness (QED) is 0.361. The minimum Gasteiger partial charge on any atom is -0.495 e. The summed E-state index contributed by atoms with van der Waals surface area (Å²) in [6.07, 6.45) is 2.36. The molecule has 0 atom stereocenters. The Balaban J connectivity index is 1.67. The van der Waals surface area contributed by atoms with Crippen LogP contribution in [0.3, 0.4) is 0 Å². The van der Waals surface area contributed by atoms with Crippen molar-refractivity contribution < 1.29 is 23.5 Å². The van der Waals surface area contributed by atoms with Gasteiger partial charge in [-0.05, 0) is 62.6 Å². The highest BCUT2D eigenvalue weighted by atomic mass is 35.5. The number of nitrogens with zero attached hydrogens (tertiary/aromatic N) is 4. The second kappa shape index (κ2) is 12.9. The molecule has 0 spiro atoms. The van der Waals surface area contributed by atoms with Gasteiger partial charge in [0.2, 0.25) is 0 Å². The van der Waals surface area contributed by atoms with E-state index >= 15 is 0 Å². The minimum absolute atomic E-state index is 0.0107. The van der Waals surface area contributed by atoms with Crippen LogP contribution in [0.4, 0.5) is 25.5 Å². The minimum atomic E-state index is -0.612. The molecule has 0 radical (unpaired) electrons. The number of hydrogen-bond acceptors (Lipinski definition) is 7. The third-order valence-corrected chi connectivity index (χ3v) is 5.89. The SMILES string of the molecule is COc1cc(CCN(C(=O)OCc2ccc(F)cc2)C(C)(C)C)c(Cl)cc1NC(=O)Nc1cnc(C#N)cn1. The van der Waals surface area contributed by atoms with E-state index in [-0.39, 0.29) is 23.9 Å². The fourth-order valence-corrected chi connectivity index (χ4v) is 3.77. The van der Waals surface area contributed by atoms with E-state index in [2.05, 4.69) is 20.6 Å². The Morgan fingerprint density at radius 1 is 1.13 bits per heavy atom. The second-order valence-electron chi connectivity index (χ2n) is 9.38. The van der Waals surface area contributed by atoms with Crippen LogP contribution in [0.25, 0.3) is 0 Å². The molecule has 3 amide bonds. The largest absolute Gasteiger partial charge is 0.495 e. The summed E-state index contributed by atoms with van der Waals surface area (Å²) in [5.74, 6) is 0.148. The first kappa shape index (κ1) is 29.1. The van der Waals surface area contributed by atoms with E-state index in [0.717, 1.165) is 0 Å². The van der Waals surface area contributed by atoms with Gasteiger partial charge in [0.15, 0.2) is 11.5 Å². The number of nitrogens with one attached hydrogen (secondary N) is 2. The Hall–Kier alpha value is -4.43. The van der Waals surface area contributed by atoms with Crippen molar-refractivity contribution in [3.63, 3.8) is 0 Å². The predicted octanol–water partition coefficient (Wildman–Crippen LogP) is 5.77. The zero-order valence-corrected chi connectivity index (χ0v) is 22.7. The van der Waals surface area contributed by atoms with Gasteiger partial charge in [0.25, 0.3) is 0 Å². The van der Waals surface area contributed by atoms with E-state index in [0.29, 0.717) is 40.6 Å². The molecule has 204 valence electrons. The van der Waals surface area contributed by atoms with Crippen molar-refractivity contribution in [3.05, 3.63) is 76.5 Å². The van der Waals surface area contributed by atoms with Crippen LogP contribution >= 0.6 is 11.6 Å². The fourth-order valence-electron chi connectivity index (χ4n) is 3.51. The van der Waals surface area contributed by atoms with E-state index in [1.54, 1.807) is 29.2 Å². The van der Waals surface area contributed by atoms with Gasteiger partial charge in [-0.15, -0.1) is 0 Å². The number of anilines is 2. The lowest BCUT2D eigenvalue weighted by molar-refractivity contribution is 0.0633. The molecule has 0 saturated heterocycles. The van der Waals surface area contributed by atoms with Crippen molar-refractivity contribution in [2.75, 3.05) is 24.3 Å². The number of nitriles is 1. The van der Waals surface area contributed by atoms with E-state index in [4.69, 9.17) is 26.3 Å².